The number of aromatic nitrogens is 4. The van der Waals surface area contributed by atoms with Crippen molar-refractivity contribution in [3.63, 3.8) is 0 Å². The van der Waals surface area contributed by atoms with E-state index in [1.807, 2.05) is 25.1 Å². The number of hydrogen-bond donors (Lipinski definition) is 1. The number of amides is 1. The summed E-state index contributed by atoms with van der Waals surface area (Å²) in [4.78, 5) is 33.4. The molecule has 1 N–H and O–H groups in total. The van der Waals surface area contributed by atoms with E-state index in [1.165, 1.54) is 29.2 Å². The molecule has 1 saturated carbocycles. The third-order valence-electron chi connectivity index (χ3n) is 9.41. The lowest BCUT2D eigenvalue weighted by atomic mass is 9.83. The predicted molar refractivity (Wildman–Crippen MR) is 193 cm³/mol. The Bertz CT molecular complexity index is 1530. The average Bonchev–Trinajstić information content (AvgIpc) is 3.72. The molecule has 2 aliphatic rings. The van der Waals surface area contributed by atoms with Crippen molar-refractivity contribution in [2.75, 3.05) is 32.1 Å². The van der Waals surface area contributed by atoms with E-state index in [4.69, 9.17) is 0 Å². The highest BCUT2D eigenvalue weighted by molar-refractivity contribution is 7.17. The molecule has 10 nitrogen and oxygen atoms in total. The first-order valence-electron chi connectivity index (χ1n) is 17.4. The first-order valence-corrected chi connectivity index (χ1v) is 18.0. The number of rotatable bonds is 10. The number of nitrogens with zero attached hydrogens (tertiary/aromatic N) is 6. The van der Waals surface area contributed by atoms with Crippen LogP contribution in [0.15, 0.2) is 43.0 Å². The SMILES string of the molecule is CCNC=O.CC[C@@H]1CC(N(Cc2cc(C(F)(F)F)cc(C(F)(F)P)c2)c2ncc(-c3cnn(C)c3)cn2)CN1C.COC(=O)C1CCC(C)CC1. The standard InChI is InChI=1S/C24H28F5N6P.C9H16O2.C3H7NO/c1-4-20-8-21(14-33(20)2)35(22-30-9-16(10-31-22)17-11-32-34(3)13-17)12-15-5-18(23(25,26)27)7-19(6-15)24(28,29)36;1-7-3-5-8(6-4-7)9(10)11-2;1-2-4-3-5/h5-7,9-11,13,20-21H,4,8,12,14,36H2,1-3H3;7-8H,3-6H2,1-2H3;3H,2H2,1H3,(H,4,5)/t20-,21?;;/m1../s1. The number of carbonyl (C=O) groups excluding carboxylic acids is 2. The van der Waals surface area contributed by atoms with Crippen LogP contribution in [0.5, 0.6) is 0 Å². The van der Waals surface area contributed by atoms with E-state index in [2.05, 4.69) is 43.9 Å². The molecule has 3 atom stereocenters. The Morgan fingerprint density at radius 1 is 1.02 bits per heavy atom. The van der Waals surface area contributed by atoms with E-state index in [1.54, 1.807) is 30.3 Å². The maximum absolute atomic E-state index is 14.1. The summed E-state index contributed by atoms with van der Waals surface area (Å²) in [5.41, 5.74) is -3.63. The first-order chi connectivity index (χ1) is 24.5. The highest BCUT2D eigenvalue weighted by Crippen LogP contribution is 2.40. The number of hydrogen-bond acceptors (Lipinski definition) is 8. The lowest BCUT2D eigenvalue weighted by molar-refractivity contribution is -0.146. The molecule has 0 radical (unpaired) electrons. The Kier molecular flexibility index (Phi) is 15.9. The van der Waals surface area contributed by atoms with Crippen molar-refractivity contribution in [2.24, 2.45) is 18.9 Å². The summed E-state index contributed by atoms with van der Waals surface area (Å²) in [7, 11) is 6.58. The minimum atomic E-state index is -4.76. The summed E-state index contributed by atoms with van der Waals surface area (Å²) in [6.45, 7) is 7.52. The molecule has 0 spiro atoms. The van der Waals surface area contributed by atoms with Gasteiger partial charge in [-0.2, -0.15) is 27.1 Å². The summed E-state index contributed by atoms with van der Waals surface area (Å²) in [6.07, 6.45) is 8.77. The second-order valence-corrected chi connectivity index (χ2v) is 14.1. The number of ether oxygens (including phenoxy) is 1. The third kappa shape index (κ3) is 12.5. The van der Waals surface area contributed by atoms with Crippen LogP contribution < -0.4 is 10.2 Å². The van der Waals surface area contributed by atoms with Crippen LogP contribution in [0.3, 0.4) is 0 Å². The van der Waals surface area contributed by atoms with Crippen molar-refractivity contribution in [1.29, 1.82) is 0 Å². The van der Waals surface area contributed by atoms with Crippen molar-refractivity contribution >= 4 is 27.6 Å². The second kappa shape index (κ2) is 19.4. The normalized spacial score (nSPS) is 20.5. The van der Waals surface area contributed by atoms with Gasteiger partial charge in [0.1, 0.15) is 0 Å². The fraction of sp³-hybridized carbons (Fsp3) is 0.583. The van der Waals surface area contributed by atoms with Gasteiger partial charge in [0.25, 0.3) is 5.66 Å². The fourth-order valence-corrected chi connectivity index (χ4v) is 6.55. The Balaban J connectivity index is 0.000000377. The number of esters is 1. The van der Waals surface area contributed by atoms with Gasteiger partial charge >= 0.3 is 12.1 Å². The zero-order valence-electron chi connectivity index (χ0n) is 30.7. The summed E-state index contributed by atoms with van der Waals surface area (Å²) >= 11 is 0. The van der Waals surface area contributed by atoms with Gasteiger partial charge in [0.15, 0.2) is 0 Å². The van der Waals surface area contributed by atoms with Crippen molar-refractivity contribution < 1.29 is 36.3 Å². The number of likely N-dealkylation sites (tertiary alicyclic amines) is 1. The van der Waals surface area contributed by atoms with Gasteiger partial charge in [0.2, 0.25) is 12.4 Å². The molecule has 1 saturated heterocycles. The number of anilines is 1. The van der Waals surface area contributed by atoms with Gasteiger partial charge in [-0.15, -0.1) is 0 Å². The topological polar surface area (TPSA) is 105 Å². The molecule has 5 rings (SSSR count). The largest absolute Gasteiger partial charge is 0.469 e. The smallest absolute Gasteiger partial charge is 0.416 e. The Morgan fingerprint density at radius 3 is 2.12 bits per heavy atom. The lowest BCUT2D eigenvalue weighted by Crippen LogP contribution is -2.38. The average molecular weight is 756 g/mol. The van der Waals surface area contributed by atoms with Crippen molar-refractivity contribution in [3.8, 4) is 11.1 Å². The van der Waals surface area contributed by atoms with Gasteiger partial charge in [0.05, 0.1) is 24.8 Å². The quantitative estimate of drug-likeness (QED) is 0.102. The maximum Gasteiger partial charge on any atom is 0.416 e. The zero-order chi connectivity index (χ0) is 38.6. The van der Waals surface area contributed by atoms with Crippen molar-refractivity contribution in [3.05, 3.63) is 59.7 Å². The summed E-state index contributed by atoms with van der Waals surface area (Å²) in [6, 6.07) is 2.73. The predicted octanol–water partition coefficient (Wildman–Crippen LogP) is 7.05. The number of alkyl halides is 5. The molecule has 52 heavy (non-hydrogen) atoms. The molecule has 2 unspecified atom stereocenters. The van der Waals surface area contributed by atoms with E-state index in [-0.39, 0.29) is 30.0 Å². The third-order valence-corrected chi connectivity index (χ3v) is 9.74. The molecule has 2 aromatic heterocycles. The molecule has 1 aliphatic carbocycles. The highest BCUT2D eigenvalue weighted by atomic mass is 31.0. The molecule has 3 heterocycles. The minimum absolute atomic E-state index is 0.0168. The van der Waals surface area contributed by atoms with Crippen LogP contribution in [-0.4, -0.2) is 76.4 Å². The van der Waals surface area contributed by atoms with Crippen LogP contribution in [-0.2, 0) is 39.8 Å². The van der Waals surface area contributed by atoms with E-state index < -0.39 is 23.0 Å². The number of nitrogens with one attached hydrogen (secondary N) is 1. The number of carbonyl (C=O) groups is 2. The maximum atomic E-state index is 14.1. The molecule has 1 aromatic carbocycles. The number of likely N-dealkylation sites (N-methyl/N-ethyl adjacent to an activating group) is 1. The van der Waals surface area contributed by atoms with Gasteiger partial charge in [-0.3, -0.25) is 14.3 Å². The molecular weight excluding hydrogens is 704 g/mol. The number of methoxy groups -OCH3 is 1. The molecule has 16 heteroatoms. The molecule has 288 valence electrons. The zero-order valence-corrected chi connectivity index (χ0v) is 31.8. The van der Waals surface area contributed by atoms with Crippen LogP contribution in [0, 0.1) is 11.8 Å². The lowest BCUT2D eigenvalue weighted by Gasteiger charge is -2.30. The molecule has 1 amide bonds. The summed E-state index contributed by atoms with van der Waals surface area (Å²) < 4.78 is 75.1. The van der Waals surface area contributed by atoms with E-state index in [0.717, 1.165) is 61.4 Å². The summed E-state index contributed by atoms with van der Waals surface area (Å²) in [5.74, 6) is 1.30. The van der Waals surface area contributed by atoms with Crippen LogP contribution in [0.25, 0.3) is 11.1 Å². The van der Waals surface area contributed by atoms with Crippen LogP contribution in [0.4, 0.5) is 27.9 Å². The second-order valence-electron chi connectivity index (χ2n) is 13.4. The molecule has 1 aliphatic heterocycles. The molecule has 3 aromatic rings. The van der Waals surface area contributed by atoms with E-state index in [0.29, 0.717) is 31.0 Å². The molecule has 0 bridgehead atoms. The van der Waals surface area contributed by atoms with Crippen LogP contribution in [0.2, 0.25) is 0 Å². The van der Waals surface area contributed by atoms with Crippen molar-refractivity contribution in [2.45, 2.75) is 89.8 Å². The summed E-state index contributed by atoms with van der Waals surface area (Å²) in [5, 5.41) is 6.57. The number of halogens is 5. The van der Waals surface area contributed by atoms with Gasteiger partial charge in [-0.05, 0) is 82.2 Å². The van der Waals surface area contributed by atoms with Gasteiger partial charge in [-0.1, -0.05) is 23.1 Å². The van der Waals surface area contributed by atoms with Gasteiger partial charge in [0, 0.05) is 74.0 Å². The van der Waals surface area contributed by atoms with Gasteiger partial charge < -0.3 is 19.9 Å². The van der Waals surface area contributed by atoms with E-state index >= 15 is 0 Å². The van der Waals surface area contributed by atoms with E-state index in [9.17, 15) is 31.5 Å². The monoisotopic (exact) mass is 755 g/mol. The molecule has 2 fully saturated rings. The number of aryl methyl sites for hydroxylation is 1. The van der Waals surface area contributed by atoms with Crippen molar-refractivity contribution in [1.82, 2.24) is 30.0 Å². The molecular formula is C36H51F5N7O3P. The van der Waals surface area contributed by atoms with Gasteiger partial charge in [-0.25, -0.2) is 9.97 Å². The van der Waals surface area contributed by atoms with Crippen LogP contribution in [0.1, 0.15) is 76.0 Å². The Labute approximate surface area is 305 Å². The van der Waals surface area contributed by atoms with Crippen LogP contribution >= 0.6 is 9.24 Å². The Hall–Kier alpha value is -3.71. The number of benzene rings is 1. The first kappa shape index (κ1) is 42.7. The Morgan fingerprint density at radius 2 is 1.65 bits per heavy atom. The highest BCUT2D eigenvalue weighted by Gasteiger charge is 2.37. The fourth-order valence-electron chi connectivity index (χ4n) is 6.39. The minimum Gasteiger partial charge on any atom is -0.469 e.